The molecule has 0 fully saturated rings. The Labute approximate surface area is 99.7 Å². The Morgan fingerprint density at radius 3 is 2.94 bits per heavy atom. The number of hydrogen-bond donors (Lipinski definition) is 2. The smallest absolute Gasteiger partial charge is 0.303 e. The summed E-state index contributed by atoms with van der Waals surface area (Å²) in [7, 11) is 0. The van der Waals surface area contributed by atoms with Gasteiger partial charge >= 0.3 is 5.97 Å². The van der Waals surface area contributed by atoms with Gasteiger partial charge in [0.1, 0.15) is 0 Å². The van der Waals surface area contributed by atoms with Crippen LogP contribution in [-0.4, -0.2) is 22.6 Å². The number of anilines is 1. The number of hydrogen-bond acceptors (Lipinski definition) is 4. The zero-order valence-corrected chi connectivity index (χ0v) is 10.5. The molecule has 0 saturated heterocycles. The van der Waals surface area contributed by atoms with Crippen LogP contribution in [0, 0.1) is 12.8 Å². The fraction of sp³-hybridized carbons (Fsp3) is 0.636. The van der Waals surface area contributed by atoms with Gasteiger partial charge in [-0.1, -0.05) is 6.92 Å². The summed E-state index contributed by atoms with van der Waals surface area (Å²) in [6, 6.07) is 0. The fourth-order valence-electron chi connectivity index (χ4n) is 1.37. The van der Waals surface area contributed by atoms with Crippen molar-refractivity contribution in [2.24, 2.45) is 5.92 Å². The molecule has 1 aromatic heterocycles. The number of carbonyl (C=O) groups is 1. The van der Waals surface area contributed by atoms with E-state index >= 15 is 0 Å². The Bertz CT molecular complexity index is 338. The number of nitrogens with zero attached hydrogens (tertiary/aromatic N) is 1. The first-order valence-electron chi connectivity index (χ1n) is 5.45. The molecule has 0 spiro atoms. The second kappa shape index (κ2) is 6.48. The topological polar surface area (TPSA) is 62.2 Å². The molecule has 0 aromatic carbocycles. The van der Waals surface area contributed by atoms with Crippen molar-refractivity contribution in [3.05, 3.63) is 11.1 Å². The Kier molecular flexibility index (Phi) is 5.25. The molecule has 2 N–H and O–H groups in total. The number of thiazole rings is 1. The lowest BCUT2D eigenvalue weighted by molar-refractivity contribution is -0.137. The Balaban J connectivity index is 2.13. The van der Waals surface area contributed by atoms with Crippen molar-refractivity contribution in [1.29, 1.82) is 0 Å². The van der Waals surface area contributed by atoms with Crippen LogP contribution in [0.1, 0.15) is 31.9 Å². The van der Waals surface area contributed by atoms with Gasteiger partial charge in [-0.15, -0.1) is 11.3 Å². The molecule has 0 bridgehead atoms. The highest BCUT2D eigenvalue weighted by atomic mass is 32.1. The van der Waals surface area contributed by atoms with Gasteiger partial charge in [-0.05, 0) is 25.7 Å². The van der Waals surface area contributed by atoms with E-state index in [1.165, 1.54) is 0 Å². The van der Waals surface area contributed by atoms with Crippen molar-refractivity contribution in [3.8, 4) is 0 Å². The van der Waals surface area contributed by atoms with E-state index in [0.29, 0.717) is 5.92 Å². The van der Waals surface area contributed by atoms with Gasteiger partial charge in [0, 0.05) is 18.3 Å². The molecule has 1 atom stereocenters. The zero-order chi connectivity index (χ0) is 12.0. The quantitative estimate of drug-likeness (QED) is 0.771. The van der Waals surface area contributed by atoms with Crippen LogP contribution in [0.3, 0.4) is 0 Å². The monoisotopic (exact) mass is 242 g/mol. The van der Waals surface area contributed by atoms with E-state index in [1.807, 2.05) is 12.3 Å². The van der Waals surface area contributed by atoms with Crippen LogP contribution in [0.2, 0.25) is 0 Å². The molecule has 0 radical (unpaired) electrons. The Morgan fingerprint density at radius 1 is 1.62 bits per heavy atom. The summed E-state index contributed by atoms with van der Waals surface area (Å²) < 4.78 is 0. The van der Waals surface area contributed by atoms with Crippen molar-refractivity contribution in [3.63, 3.8) is 0 Å². The van der Waals surface area contributed by atoms with Gasteiger partial charge in [0.2, 0.25) is 0 Å². The number of nitrogens with one attached hydrogen (secondary N) is 1. The lowest BCUT2D eigenvalue weighted by Gasteiger charge is -2.09. The average Bonchev–Trinajstić information content (AvgIpc) is 2.61. The molecule has 1 aromatic rings. The van der Waals surface area contributed by atoms with Crippen molar-refractivity contribution in [2.75, 3.05) is 11.9 Å². The summed E-state index contributed by atoms with van der Waals surface area (Å²) in [4.78, 5) is 14.7. The van der Waals surface area contributed by atoms with E-state index in [0.717, 1.165) is 30.2 Å². The minimum atomic E-state index is -0.713. The highest BCUT2D eigenvalue weighted by Crippen LogP contribution is 2.15. The maximum absolute atomic E-state index is 10.4. The number of aryl methyl sites for hydroxylation is 1. The molecule has 16 heavy (non-hydrogen) atoms. The maximum Gasteiger partial charge on any atom is 0.303 e. The molecule has 0 saturated carbocycles. The third-order valence-corrected chi connectivity index (χ3v) is 3.30. The lowest BCUT2D eigenvalue weighted by atomic mass is 10.0. The molecular weight excluding hydrogens is 224 g/mol. The largest absolute Gasteiger partial charge is 0.481 e. The summed E-state index contributed by atoms with van der Waals surface area (Å²) in [6.07, 6.45) is 1.98. The highest BCUT2D eigenvalue weighted by Gasteiger charge is 2.05. The minimum Gasteiger partial charge on any atom is -0.481 e. The molecule has 5 heteroatoms. The van der Waals surface area contributed by atoms with Crippen LogP contribution in [0.25, 0.3) is 0 Å². The van der Waals surface area contributed by atoms with Gasteiger partial charge in [0.25, 0.3) is 0 Å². The van der Waals surface area contributed by atoms with Gasteiger partial charge in [-0.3, -0.25) is 4.79 Å². The predicted molar refractivity (Wildman–Crippen MR) is 66.0 cm³/mol. The third kappa shape index (κ3) is 5.11. The molecule has 1 unspecified atom stereocenters. The normalized spacial score (nSPS) is 12.4. The van der Waals surface area contributed by atoms with Crippen molar-refractivity contribution >= 4 is 22.4 Å². The summed E-state index contributed by atoms with van der Waals surface area (Å²) in [5.41, 5.74) is 1.03. The second-order valence-corrected chi connectivity index (χ2v) is 4.91. The molecule has 0 aliphatic carbocycles. The number of carboxylic acid groups (broad SMARTS) is 1. The Hall–Kier alpha value is -1.10. The summed E-state index contributed by atoms with van der Waals surface area (Å²) in [5.74, 6) is -0.278. The molecule has 4 nitrogen and oxygen atoms in total. The van der Waals surface area contributed by atoms with E-state index in [-0.39, 0.29) is 6.42 Å². The predicted octanol–water partition coefficient (Wildman–Crippen LogP) is 2.75. The first-order valence-corrected chi connectivity index (χ1v) is 6.33. The van der Waals surface area contributed by atoms with Crippen molar-refractivity contribution in [1.82, 2.24) is 4.98 Å². The van der Waals surface area contributed by atoms with Crippen LogP contribution in [0.4, 0.5) is 5.13 Å². The molecule has 1 rings (SSSR count). The standard InChI is InChI=1S/C11H18N2O2S/c1-8(3-4-10(14)15)5-6-12-11-13-9(2)7-16-11/h7-8H,3-6H2,1-2H3,(H,12,13)(H,14,15). The number of carboxylic acids is 1. The second-order valence-electron chi connectivity index (χ2n) is 4.05. The van der Waals surface area contributed by atoms with Crippen LogP contribution in [0.5, 0.6) is 0 Å². The van der Waals surface area contributed by atoms with E-state index in [1.54, 1.807) is 11.3 Å². The first-order chi connectivity index (χ1) is 7.58. The minimum absolute atomic E-state index is 0.261. The molecular formula is C11H18N2O2S. The van der Waals surface area contributed by atoms with E-state index < -0.39 is 5.97 Å². The SMILES string of the molecule is Cc1csc(NCCC(C)CCC(=O)O)n1. The van der Waals surface area contributed by atoms with E-state index in [9.17, 15) is 4.79 Å². The zero-order valence-electron chi connectivity index (χ0n) is 9.69. The van der Waals surface area contributed by atoms with E-state index in [2.05, 4.69) is 17.2 Å². The van der Waals surface area contributed by atoms with Gasteiger partial charge in [0.05, 0.1) is 5.69 Å². The summed E-state index contributed by atoms with van der Waals surface area (Å²) in [5, 5.41) is 14.7. The Morgan fingerprint density at radius 2 is 2.38 bits per heavy atom. The van der Waals surface area contributed by atoms with Crippen LogP contribution in [-0.2, 0) is 4.79 Å². The molecule has 0 aliphatic rings. The van der Waals surface area contributed by atoms with Gasteiger partial charge in [-0.2, -0.15) is 0 Å². The third-order valence-electron chi connectivity index (χ3n) is 2.38. The molecule has 0 amide bonds. The van der Waals surface area contributed by atoms with Gasteiger partial charge in [0.15, 0.2) is 5.13 Å². The van der Waals surface area contributed by atoms with Crippen LogP contribution in [0.15, 0.2) is 5.38 Å². The average molecular weight is 242 g/mol. The summed E-state index contributed by atoms with van der Waals surface area (Å²) >= 11 is 1.60. The molecule has 90 valence electrons. The highest BCUT2D eigenvalue weighted by molar-refractivity contribution is 7.13. The number of aromatic nitrogens is 1. The van der Waals surface area contributed by atoms with Gasteiger partial charge in [-0.25, -0.2) is 4.98 Å². The fourth-order valence-corrected chi connectivity index (χ4v) is 2.09. The molecule has 1 heterocycles. The van der Waals surface area contributed by atoms with Crippen molar-refractivity contribution < 1.29 is 9.90 Å². The number of aliphatic carboxylic acids is 1. The van der Waals surface area contributed by atoms with Gasteiger partial charge < -0.3 is 10.4 Å². The van der Waals surface area contributed by atoms with Crippen LogP contribution >= 0.6 is 11.3 Å². The van der Waals surface area contributed by atoms with Crippen LogP contribution < -0.4 is 5.32 Å². The maximum atomic E-state index is 10.4. The van der Waals surface area contributed by atoms with E-state index in [4.69, 9.17) is 5.11 Å². The number of rotatable bonds is 7. The van der Waals surface area contributed by atoms with Crippen molar-refractivity contribution in [2.45, 2.75) is 33.1 Å². The lowest BCUT2D eigenvalue weighted by Crippen LogP contribution is -2.08. The first kappa shape index (κ1) is 13.0. The summed E-state index contributed by atoms with van der Waals surface area (Å²) in [6.45, 7) is 4.91. The molecule has 0 aliphatic heterocycles.